The normalized spacial score (nSPS) is 11.0. The van der Waals surface area contributed by atoms with Gasteiger partial charge in [0.2, 0.25) is 5.91 Å². The van der Waals surface area contributed by atoms with Gasteiger partial charge in [-0.15, -0.1) is 0 Å². The van der Waals surface area contributed by atoms with E-state index in [1.807, 2.05) is 0 Å². The van der Waals surface area contributed by atoms with Crippen LogP contribution in [-0.4, -0.2) is 18.2 Å². The number of nitrogens with two attached hydrogens (primary N) is 1. The van der Waals surface area contributed by atoms with Crippen LogP contribution in [0.15, 0.2) is 16.5 Å². The first-order valence-corrected chi connectivity index (χ1v) is 6.09. The van der Waals surface area contributed by atoms with Gasteiger partial charge in [-0.05, 0) is 12.1 Å². The molecule has 1 aromatic rings. The summed E-state index contributed by atoms with van der Waals surface area (Å²) in [6.07, 6.45) is 0.259. The van der Waals surface area contributed by atoms with Crippen molar-refractivity contribution in [2.24, 2.45) is 5.73 Å². The van der Waals surface area contributed by atoms with E-state index in [-0.39, 0.29) is 18.1 Å². The van der Waals surface area contributed by atoms with Crippen molar-refractivity contribution in [3.05, 3.63) is 23.7 Å². The van der Waals surface area contributed by atoms with Crippen molar-refractivity contribution in [2.75, 3.05) is 6.54 Å². The van der Waals surface area contributed by atoms with Crippen molar-refractivity contribution in [1.29, 1.82) is 0 Å². The van der Waals surface area contributed by atoms with Crippen molar-refractivity contribution in [3.63, 3.8) is 0 Å². The Hall–Kier alpha value is -1.08. The van der Waals surface area contributed by atoms with Crippen LogP contribution in [-0.2, 0) is 17.1 Å². The highest BCUT2D eigenvalue weighted by molar-refractivity contribution is 7.98. The number of primary amides is 1. The molecule has 0 aliphatic rings. The summed E-state index contributed by atoms with van der Waals surface area (Å²) in [6, 6.07) is 3.39. The Labute approximate surface area is 102 Å². The van der Waals surface area contributed by atoms with Crippen LogP contribution in [0.25, 0.3) is 0 Å². The number of alkyl halides is 2. The summed E-state index contributed by atoms with van der Waals surface area (Å²) in [6.45, 7) is 0.920. The van der Waals surface area contributed by atoms with E-state index in [0.717, 1.165) is 0 Å². The molecular formula is C10H14F2N2O2S. The number of rotatable bonds is 8. The van der Waals surface area contributed by atoms with Crippen LogP contribution in [0.1, 0.15) is 17.9 Å². The lowest BCUT2D eigenvalue weighted by atomic mass is 10.4. The number of thioether (sulfide) groups is 1. The van der Waals surface area contributed by atoms with Crippen LogP contribution in [0.2, 0.25) is 0 Å². The highest BCUT2D eigenvalue weighted by Gasteiger charge is 2.07. The maximum atomic E-state index is 11.9. The first-order valence-electron chi connectivity index (χ1n) is 5.04. The second-order valence-corrected chi connectivity index (χ2v) is 4.31. The Balaban J connectivity index is 2.23. The van der Waals surface area contributed by atoms with E-state index in [0.29, 0.717) is 36.4 Å². The van der Waals surface area contributed by atoms with Gasteiger partial charge in [0.1, 0.15) is 11.5 Å². The van der Waals surface area contributed by atoms with Crippen molar-refractivity contribution in [3.8, 4) is 0 Å². The van der Waals surface area contributed by atoms with E-state index in [1.54, 1.807) is 12.1 Å². The number of amides is 1. The van der Waals surface area contributed by atoms with E-state index in [2.05, 4.69) is 5.32 Å². The quantitative estimate of drug-likeness (QED) is 0.701. The molecule has 3 N–H and O–H groups in total. The van der Waals surface area contributed by atoms with Crippen LogP contribution in [0.5, 0.6) is 0 Å². The fraction of sp³-hybridized carbons (Fsp3) is 0.500. The Kier molecular flexibility index (Phi) is 5.99. The lowest BCUT2D eigenvalue weighted by Gasteiger charge is -2.00. The summed E-state index contributed by atoms with van der Waals surface area (Å²) >= 11 is 0.521. The number of halogens is 2. The molecule has 0 unspecified atom stereocenters. The number of carbonyl (C=O) groups excluding carboxylic acids is 1. The average Bonchev–Trinajstić information content (AvgIpc) is 2.69. The summed E-state index contributed by atoms with van der Waals surface area (Å²) in [7, 11) is 0. The van der Waals surface area contributed by atoms with Crippen LogP contribution < -0.4 is 11.1 Å². The van der Waals surface area contributed by atoms with Gasteiger partial charge >= 0.3 is 0 Å². The molecule has 1 amide bonds. The first-order chi connectivity index (χ1) is 8.08. The minimum absolute atomic E-state index is 0.152. The molecule has 0 aliphatic heterocycles. The molecule has 1 heterocycles. The second-order valence-electron chi connectivity index (χ2n) is 3.33. The summed E-state index contributed by atoms with van der Waals surface area (Å²) in [5.74, 6) is -1.44. The summed E-state index contributed by atoms with van der Waals surface area (Å²) in [4.78, 5) is 10.4. The Morgan fingerprint density at radius 3 is 2.82 bits per heavy atom. The Morgan fingerprint density at radius 2 is 2.18 bits per heavy atom. The molecule has 0 atom stereocenters. The second kappa shape index (κ2) is 7.29. The maximum Gasteiger partial charge on any atom is 0.284 e. The first kappa shape index (κ1) is 14.0. The van der Waals surface area contributed by atoms with Gasteiger partial charge in [0.05, 0.1) is 12.3 Å². The highest BCUT2D eigenvalue weighted by atomic mass is 32.2. The number of furan rings is 1. The Morgan fingerprint density at radius 1 is 1.47 bits per heavy atom. The zero-order valence-corrected chi connectivity index (χ0v) is 9.93. The molecule has 96 valence electrons. The molecule has 0 bridgehead atoms. The molecule has 1 aromatic heterocycles. The van der Waals surface area contributed by atoms with Gasteiger partial charge in [0.15, 0.2) is 0 Å². The standard InChI is InChI=1S/C10H14F2N2O2S/c11-10(12)17-6-8-2-1-7(16-8)5-14-4-3-9(13)15/h1-2,10,14H,3-6H2,(H2,13,15). The van der Waals surface area contributed by atoms with Gasteiger partial charge in [-0.2, -0.15) is 8.78 Å². The Bertz CT molecular complexity index is 358. The molecule has 0 radical (unpaired) electrons. The molecule has 4 nitrogen and oxygen atoms in total. The monoisotopic (exact) mass is 264 g/mol. The SMILES string of the molecule is NC(=O)CCNCc1ccc(CSC(F)F)o1. The van der Waals surface area contributed by atoms with Gasteiger partial charge < -0.3 is 15.5 Å². The van der Waals surface area contributed by atoms with Crippen LogP contribution in [0.4, 0.5) is 8.78 Å². The van der Waals surface area contributed by atoms with Crippen molar-refractivity contribution in [2.45, 2.75) is 24.5 Å². The number of carbonyl (C=O) groups is 1. The topological polar surface area (TPSA) is 68.3 Å². The maximum absolute atomic E-state index is 11.9. The molecule has 0 spiro atoms. The molecule has 0 aliphatic carbocycles. The van der Waals surface area contributed by atoms with Crippen molar-refractivity contribution < 1.29 is 18.0 Å². The van der Waals surface area contributed by atoms with Crippen molar-refractivity contribution >= 4 is 17.7 Å². The smallest absolute Gasteiger partial charge is 0.284 e. The third-order valence-electron chi connectivity index (χ3n) is 1.92. The zero-order chi connectivity index (χ0) is 12.7. The number of nitrogens with one attached hydrogen (secondary N) is 1. The van der Waals surface area contributed by atoms with E-state index in [4.69, 9.17) is 10.2 Å². The summed E-state index contributed by atoms with van der Waals surface area (Å²) in [5.41, 5.74) is 4.97. The van der Waals surface area contributed by atoms with E-state index < -0.39 is 5.76 Å². The van der Waals surface area contributed by atoms with Gasteiger partial charge in [0, 0.05) is 13.0 Å². The molecular weight excluding hydrogens is 250 g/mol. The molecule has 0 saturated heterocycles. The largest absolute Gasteiger partial charge is 0.464 e. The van der Waals surface area contributed by atoms with Gasteiger partial charge in [-0.1, -0.05) is 11.8 Å². The fourth-order valence-electron chi connectivity index (χ4n) is 1.16. The minimum atomic E-state index is -2.39. The van der Waals surface area contributed by atoms with Crippen LogP contribution >= 0.6 is 11.8 Å². The summed E-state index contributed by atoms with van der Waals surface area (Å²) < 4.78 is 29.1. The van der Waals surface area contributed by atoms with Crippen LogP contribution in [0, 0.1) is 0 Å². The predicted octanol–water partition coefficient (Wildman–Crippen LogP) is 1.70. The number of hydrogen-bond donors (Lipinski definition) is 2. The minimum Gasteiger partial charge on any atom is -0.464 e. The average molecular weight is 264 g/mol. The van der Waals surface area contributed by atoms with Gasteiger partial charge in [-0.25, -0.2) is 0 Å². The third kappa shape index (κ3) is 6.28. The molecule has 7 heteroatoms. The molecule has 17 heavy (non-hydrogen) atoms. The van der Waals surface area contributed by atoms with E-state index in [9.17, 15) is 13.6 Å². The van der Waals surface area contributed by atoms with Crippen molar-refractivity contribution in [1.82, 2.24) is 5.32 Å². The van der Waals surface area contributed by atoms with Crippen LogP contribution in [0.3, 0.4) is 0 Å². The lowest BCUT2D eigenvalue weighted by Crippen LogP contribution is -2.21. The third-order valence-corrected chi connectivity index (χ3v) is 2.62. The molecule has 1 rings (SSSR count). The van der Waals surface area contributed by atoms with Gasteiger partial charge in [-0.3, -0.25) is 4.79 Å². The lowest BCUT2D eigenvalue weighted by molar-refractivity contribution is -0.117. The van der Waals surface area contributed by atoms with E-state index in [1.165, 1.54) is 0 Å². The molecule has 0 aromatic carbocycles. The van der Waals surface area contributed by atoms with E-state index >= 15 is 0 Å². The molecule has 0 fully saturated rings. The van der Waals surface area contributed by atoms with Gasteiger partial charge in [0.25, 0.3) is 5.76 Å². The predicted molar refractivity (Wildman–Crippen MR) is 61.5 cm³/mol. The highest BCUT2D eigenvalue weighted by Crippen LogP contribution is 2.21. The fourth-order valence-corrected chi connectivity index (χ4v) is 1.61. The zero-order valence-electron chi connectivity index (χ0n) is 9.12. The summed E-state index contributed by atoms with van der Waals surface area (Å²) in [5, 5.41) is 2.96. The number of hydrogen-bond acceptors (Lipinski definition) is 4. The molecule has 0 saturated carbocycles.